The van der Waals surface area contributed by atoms with Crippen LogP contribution in [0.4, 0.5) is 4.39 Å². The zero-order valence-corrected chi connectivity index (χ0v) is 8.47. The van der Waals surface area contributed by atoms with Crippen molar-refractivity contribution in [3.8, 4) is 0 Å². The summed E-state index contributed by atoms with van der Waals surface area (Å²) in [6.45, 7) is 7.88. The molecule has 1 heteroatoms. The van der Waals surface area contributed by atoms with Crippen molar-refractivity contribution in [2.75, 3.05) is 0 Å². The first-order chi connectivity index (χ1) is 5.56. The normalized spacial score (nSPS) is 16.0. The third kappa shape index (κ3) is 6.14. The summed E-state index contributed by atoms with van der Waals surface area (Å²) in [5, 5.41) is 0. The van der Waals surface area contributed by atoms with Gasteiger partial charge in [-0.25, -0.2) is 4.39 Å². The van der Waals surface area contributed by atoms with Gasteiger partial charge in [0.2, 0.25) is 0 Å². The largest absolute Gasteiger partial charge is 0.243 e. The van der Waals surface area contributed by atoms with Crippen LogP contribution in [0.25, 0.3) is 0 Å². The molecule has 0 N–H and O–H groups in total. The number of hydrogen-bond donors (Lipinski definition) is 0. The van der Waals surface area contributed by atoms with Crippen molar-refractivity contribution < 1.29 is 4.39 Å². The van der Waals surface area contributed by atoms with Crippen LogP contribution in [-0.2, 0) is 0 Å². The van der Waals surface area contributed by atoms with E-state index in [1.165, 1.54) is 5.57 Å². The minimum atomic E-state index is -0.841. The lowest BCUT2D eigenvalue weighted by atomic mass is 10.1. The molecule has 0 radical (unpaired) electrons. The van der Waals surface area contributed by atoms with Crippen LogP contribution in [0.2, 0.25) is 0 Å². The van der Waals surface area contributed by atoms with E-state index in [-0.39, 0.29) is 0 Å². The van der Waals surface area contributed by atoms with Crippen molar-refractivity contribution in [2.45, 2.75) is 40.3 Å². The molecule has 0 rings (SSSR count). The van der Waals surface area contributed by atoms with Gasteiger partial charge >= 0.3 is 0 Å². The van der Waals surface area contributed by atoms with Crippen molar-refractivity contribution in [3.05, 3.63) is 23.8 Å². The van der Waals surface area contributed by atoms with Gasteiger partial charge in [-0.3, -0.25) is 0 Å². The topological polar surface area (TPSA) is 0 Å². The summed E-state index contributed by atoms with van der Waals surface area (Å²) < 4.78 is 12.4. The van der Waals surface area contributed by atoms with E-state index in [0.29, 0.717) is 5.92 Å². The average molecular weight is 170 g/mol. The van der Waals surface area contributed by atoms with E-state index in [9.17, 15) is 4.39 Å². The number of alkyl halides is 1. The van der Waals surface area contributed by atoms with Crippen LogP contribution in [0.15, 0.2) is 23.8 Å². The van der Waals surface area contributed by atoms with Crippen LogP contribution in [0.1, 0.15) is 34.1 Å². The Kier molecular flexibility index (Phi) is 5.69. The van der Waals surface area contributed by atoms with Crippen LogP contribution in [-0.4, -0.2) is 6.17 Å². The Balaban J connectivity index is 4.17. The summed E-state index contributed by atoms with van der Waals surface area (Å²) in [6, 6.07) is 0. The van der Waals surface area contributed by atoms with Gasteiger partial charge in [0.25, 0.3) is 0 Å². The monoisotopic (exact) mass is 170 g/mol. The summed E-state index contributed by atoms with van der Waals surface area (Å²) >= 11 is 0. The molecule has 0 aliphatic rings. The number of rotatable bonds is 4. The SMILES string of the molecule is CCC(/C=C\C(C)F)=C/C(C)C. The Hall–Kier alpha value is -0.590. The maximum absolute atomic E-state index is 12.4. The zero-order valence-electron chi connectivity index (χ0n) is 8.47. The van der Waals surface area contributed by atoms with E-state index in [4.69, 9.17) is 0 Å². The highest BCUT2D eigenvalue weighted by Gasteiger charge is 1.93. The second kappa shape index (κ2) is 5.99. The first-order valence-electron chi connectivity index (χ1n) is 4.59. The van der Waals surface area contributed by atoms with Gasteiger partial charge in [-0.2, -0.15) is 0 Å². The molecule has 0 nitrogen and oxygen atoms in total. The molecule has 0 heterocycles. The zero-order chi connectivity index (χ0) is 9.56. The second-order valence-corrected chi connectivity index (χ2v) is 3.38. The Morgan fingerprint density at radius 2 is 1.92 bits per heavy atom. The summed E-state index contributed by atoms with van der Waals surface area (Å²) in [5.74, 6) is 0.541. The molecule has 1 unspecified atom stereocenters. The Morgan fingerprint density at radius 3 is 2.25 bits per heavy atom. The van der Waals surface area contributed by atoms with Gasteiger partial charge in [-0.05, 0) is 19.3 Å². The first-order valence-corrected chi connectivity index (χ1v) is 4.59. The van der Waals surface area contributed by atoms with Crippen molar-refractivity contribution >= 4 is 0 Å². The van der Waals surface area contributed by atoms with Crippen molar-refractivity contribution in [2.24, 2.45) is 5.92 Å². The van der Waals surface area contributed by atoms with E-state index in [1.54, 1.807) is 13.0 Å². The van der Waals surface area contributed by atoms with Gasteiger partial charge < -0.3 is 0 Å². The molecule has 0 bridgehead atoms. The van der Waals surface area contributed by atoms with Crippen LogP contribution in [0, 0.1) is 5.92 Å². The van der Waals surface area contributed by atoms with Crippen molar-refractivity contribution in [3.63, 3.8) is 0 Å². The molecule has 0 amide bonds. The lowest BCUT2D eigenvalue weighted by Gasteiger charge is -2.00. The van der Waals surface area contributed by atoms with E-state index in [1.807, 2.05) is 6.08 Å². The summed E-state index contributed by atoms with van der Waals surface area (Å²) in [7, 11) is 0. The van der Waals surface area contributed by atoms with E-state index in [0.717, 1.165) is 6.42 Å². The molecule has 0 spiro atoms. The molecule has 0 aliphatic carbocycles. The summed E-state index contributed by atoms with van der Waals surface area (Å²) in [6.07, 6.45) is 5.77. The molecule has 0 saturated carbocycles. The lowest BCUT2D eigenvalue weighted by Crippen LogP contribution is -1.87. The van der Waals surface area contributed by atoms with Crippen molar-refractivity contribution in [1.29, 1.82) is 0 Å². The summed E-state index contributed by atoms with van der Waals surface area (Å²) in [5.41, 5.74) is 1.22. The van der Waals surface area contributed by atoms with Gasteiger partial charge in [0.1, 0.15) is 6.17 Å². The maximum atomic E-state index is 12.4. The lowest BCUT2D eigenvalue weighted by molar-refractivity contribution is 0.430. The Labute approximate surface area is 75.2 Å². The first kappa shape index (κ1) is 11.4. The van der Waals surface area contributed by atoms with Crippen LogP contribution < -0.4 is 0 Å². The molecule has 0 aromatic heterocycles. The molecular formula is C11H19F. The van der Waals surface area contributed by atoms with Crippen molar-refractivity contribution in [1.82, 2.24) is 0 Å². The predicted octanol–water partition coefficient (Wildman–Crippen LogP) is 3.89. The highest BCUT2D eigenvalue weighted by Crippen LogP contribution is 2.08. The van der Waals surface area contributed by atoms with E-state index in [2.05, 4.69) is 26.8 Å². The van der Waals surface area contributed by atoms with Crippen LogP contribution in [0.5, 0.6) is 0 Å². The molecule has 1 atom stereocenters. The fourth-order valence-electron chi connectivity index (χ4n) is 0.976. The Morgan fingerprint density at radius 1 is 1.33 bits per heavy atom. The van der Waals surface area contributed by atoms with Crippen LogP contribution >= 0.6 is 0 Å². The van der Waals surface area contributed by atoms with Gasteiger partial charge in [-0.15, -0.1) is 0 Å². The quantitative estimate of drug-likeness (QED) is 0.561. The van der Waals surface area contributed by atoms with Gasteiger partial charge in [0, 0.05) is 0 Å². The molecule has 12 heavy (non-hydrogen) atoms. The molecule has 0 aromatic rings. The molecule has 0 aromatic carbocycles. The molecule has 0 saturated heterocycles. The minimum Gasteiger partial charge on any atom is -0.243 e. The highest BCUT2D eigenvalue weighted by molar-refractivity contribution is 5.19. The molecule has 70 valence electrons. The molecule has 0 fully saturated rings. The standard InChI is InChI=1S/C11H19F/c1-5-11(8-9(2)3)7-6-10(4)12/h6-10H,5H2,1-4H3/b7-6-,11-8-. The number of hydrogen-bond acceptors (Lipinski definition) is 0. The fourth-order valence-corrected chi connectivity index (χ4v) is 0.976. The smallest absolute Gasteiger partial charge is 0.116 e. The van der Waals surface area contributed by atoms with E-state index < -0.39 is 6.17 Å². The third-order valence-electron chi connectivity index (χ3n) is 1.53. The number of halogens is 1. The predicted molar refractivity (Wildman–Crippen MR) is 52.9 cm³/mol. The Bertz CT molecular complexity index is 164. The maximum Gasteiger partial charge on any atom is 0.116 e. The number of allylic oxidation sites excluding steroid dienone is 4. The van der Waals surface area contributed by atoms with Crippen LogP contribution in [0.3, 0.4) is 0 Å². The summed E-state index contributed by atoms with van der Waals surface area (Å²) in [4.78, 5) is 0. The average Bonchev–Trinajstić information content (AvgIpc) is 1.97. The van der Waals surface area contributed by atoms with E-state index >= 15 is 0 Å². The fraction of sp³-hybridized carbons (Fsp3) is 0.636. The molecular weight excluding hydrogens is 151 g/mol. The highest BCUT2D eigenvalue weighted by atomic mass is 19.1. The minimum absolute atomic E-state index is 0.541. The van der Waals surface area contributed by atoms with Gasteiger partial charge in [-0.1, -0.05) is 44.6 Å². The molecule has 0 aliphatic heterocycles. The van der Waals surface area contributed by atoms with Gasteiger partial charge in [0.15, 0.2) is 0 Å². The third-order valence-corrected chi connectivity index (χ3v) is 1.53. The van der Waals surface area contributed by atoms with Gasteiger partial charge in [0.05, 0.1) is 0 Å². The second-order valence-electron chi connectivity index (χ2n) is 3.38.